The van der Waals surface area contributed by atoms with Gasteiger partial charge in [-0.05, 0) is 74.7 Å². The Hall–Kier alpha value is -4.74. The van der Waals surface area contributed by atoms with Crippen LogP contribution in [0.3, 0.4) is 0 Å². The topological polar surface area (TPSA) is 146 Å². The lowest BCUT2D eigenvalue weighted by atomic mass is 9.80. The number of alkyl halides is 1. The van der Waals surface area contributed by atoms with E-state index < -0.39 is 50.3 Å². The van der Waals surface area contributed by atoms with E-state index in [1.165, 1.54) is 19.2 Å². The Labute approximate surface area is 328 Å². The quantitative estimate of drug-likeness (QED) is 0.0625. The maximum Gasteiger partial charge on any atom is 0.351 e. The molecule has 1 amide bonds. The van der Waals surface area contributed by atoms with Crippen molar-refractivity contribution in [3.8, 4) is 17.6 Å². The Morgan fingerprint density at radius 1 is 0.964 bits per heavy atom. The second-order valence-electron chi connectivity index (χ2n) is 13.6. The zero-order valence-electron chi connectivity index (χ0n) is 32.6. The smallest absolute Gasteiger partial charge is 0.351 e. The molecule has 298 valence electrons. The first kappa shape index (κ1) is 42.4. The molecule has 5 rings (SSSR count). The second-order valence-corrected chi connectivity index (χ2v) is 15.0. The van der Waals surface area contributed by atoms with E-state index >= 15 is 4.39 Å². The highest BCUT2D eigenvalue weighted by Gasteiger charge is 2.51. The number of rotatable bonds is 18. The van der Waals surface area contributed by atoms with Gasteiger partial charge in [0.1, 0.15) is 35.1 Å². The molecule has 4 aromatic rings. The molecule has 0 saturated carbocycles. The molecule has 1 aliphatic rings. The fourth-order valence-corrected chi connectivity index (χ4v) is 8.48. The van der Waals surface area contributed by atoms with Crippen LogP contribution in [0, 0.1) is 11.3 Å². The average Bonchev–Trinajstić information content (AvgIpc) is 3.49. The normalized spacial score (nSPS) is 18.9. The van der Waals surface area contributed by atoms with Gasteiger partial charge < -0.3 is 33.3 Å². The van der Waals surface area contributed by atoms with Gasteiger partial charge in [0.25, 0.3) is 8.53 Å². The van der Waals surface area contributed by atoms with Crippen LogP contribution < -0.4 is 20.5 Å². The Balaban J connectivity index is 1.62. The van der Waals surface area contributed by atoms with Crippen molar-refractivity contribution in [3.63, 3.8) is 0 Å². The molecule has 0 spiro atoms. The summed E-state index contributed by atoms with van der Waals surface area (Å²) in [6.45, 7) is 9.06. The molecule has 13 nitrogen and oxygen atoms in total. The van der Waals surface area contributed by atoms with Crippen molar-refractivity contribution in [3.05, 3.63) is 118 Å². The van der Waals surface area contributed by atoms with Crippen LogP contribution in [0.5, 0.6) is 11.5 Å². The van der Waals surface area contributed by atoms with Crippen molar-refractivity contribution in [2.24, 2.45) is 0 Å². The van der Waals surface area contributed by atoms with Gasteiger partial charge in [-0.3, -0.25) is 9.36 Å². The van der Waals surface area contributed by atoms with Gasteiger partial charge in [0.05, 0.1) is 39.9 Å². The number of ether oxygens (including phenoxy) is 4. The summed E-state index contributed by atoms with van der Waals surface area (Å²) in [5.74, 6) is 0.898. The number of nitriles is 1. The van der Waals surface area contributed by atoms with Gasteiger partial charge in [-0.2, -0.15) is 10.2 Å². The monoisotopic (exact) mass is 789 g/mol. The molecule has 1 fully saturated rings. The minimum Gasteiger partial charge on any atom is -0.497 e. The standard InChI is InChI=1S/C41H49FN5O8P/c1-27(2)47(28(3)4)56(53-25-11-23-43)55-38-35(54-39(37(38)42)46-24-22-36(44-29(5)48)45-40(46)49)26-52-41(30-12-9-8-10-13-30,31-14-18-33(50-6)19-15-31)32-16-20-34(51-7)21-17-32/h8-10,12-22,24,27-28,35,37-39H,11,25-26H2,1-7H3,(H,44,45,48,49)/t35-,37-,38-,39-,56?/m1/s1. The van der Waals surface area contributed by atoms with Crippen molar-refractivity contribution >= 4 is 20.3 Å². The average molecular weight is 790 g/mol. The van der Waals surface area contributed by atoms with E-state index in [1.54, 1.807) is 14.2 Å². The lowest BCUT2D eigenvalue weighted by molar-refractivity contribution is -0.114. The van der Waals surface area contributed by atoms with Crippen LogP contribution in [-0.4, -0.2) is 78.0 Å². The number of nitrogens with zero attached hydrogens (tertiary/aromatic N) is 4. The first-order chi connectivity index (χ1) is 26.9. The largest absolute Gasteiger partial charge is 0.497 e. The molecule has 2 heterocycles. The molecule has 1 unspecified atom stereocenters. The van der Waals surface area contributed by atoms with Gasteiger partial charge in [-0.25, -0.2) is 13.9 Å². The van der Waals surface area contributed by atoms with Crippen LogP contribution in [0.4, 0.5) is 10.2 Å². The van der Waals surface area contributed by atoms with E-state index in [0.29, 0.717) is 11.5 Å². The summed E-state index contributed by atoms with van der Waals surface area (Å²) in [6, 6.07) is 28.0. The third-order valence-electron chi connectivity index (χ3n) is 9.19. The SMILES string of the molecule is COc1ccc(C(OC[C@H]2O[C@@H](n3ccc(NC(C)=O)nc3=O)[C@H](F)[C@@H]2OP(OCCC#N)N(C(C)C)C(C)C)(c2ccccc2)c2ccc(OC)cc2)cc1. The Kier molecular flexibility index (Phi) is 14.7. The molecule has 0 bridgehead atoms. The first-order valence-corrected chi connectivity index (χ1v) is 19.5. The van der Waals surface area contributed by atoms with E-state index in [1.807, 2.05) is 111 Å². The molecular formula is C41H49FN5O8P. The summed E-state index contributed by atoms with van der Waals surface area (Å²) < 4.78 is 57.5. The summed E-state index contributed by atoms with van der Waals surface area (Å²) in [4.78, 5) is 28.9. The molecule has 5 atom stereocenters. The predicted octanol–water partition coefficient (Wildman–Crippen LogP) is 7.12. The molecule has 1 aliphatic heterocycles. The van der Waals surface area contributed by atoms with E-state index in [2.05, 4.69) is 16.4 Å². The number of hydrogen-bond acceptors (Lipinski definition) is 11. The molecular weight excluding hydrogens is 740 g/mol. The van der Waals surface area contributed by atoms with Crippen molar-refractivity contribution in [2.45, 2.75) is 83.3 Å². The summed E-state index contributed by atoms with van der Waals surface area (Å²) in [7, 11) is 1.24. The Morgan fingerprint density at radius 2 is 1.54 bits per heavy atom. The van der Waals surface area contributed by atoms with Crippen LogP contribution in [0.15, 0.2) is 95.9 Å². The molecule has 1 N–H and O–H groups in total. The molecule has 0 radical (unpaired) electrons. The van der Waals surface area contributed by atoms with Gasteiger partial charge in [0.15, 0.2) is 12.4 Å². The van der Waals surface area contributed by atoms with Crippen molar-refractivity contribution in [1.29, 1.82) is 5.26 Å². The third kappa shape index (κ3) is 9.61. The third-order valence-corrected chi connectivity index (χ3v) is 11.3. The minimum atomic E-state index is -1.94. The summed E-state index contributed by atoms with van der Waals surface area (Å²) in [5, 5.41) is 11.8. The number of benzene rings is 3. The summed E-state index contributed by atoms with van der Waals surface area (Å²) >= 11 is 0. The molecule has 56 heavy (non-hydrogen) atoms. The lowest BCUT2D eigenvalue weighted by Crippen LogP contribution is -2.41. The number of hydrogen-bond donors (Lipinski definition) is 1. The van der Waals surface area contributed by atoms with E-state index in [-0.39, 0.29) is 37.5 Å². The maximum atomic E-state index is 17.1. The molecule has 0 aliphatic carbocycles. The summed E-state index contributed by atoms with van der Waals surface area (Å²) in [6.07, 6.45) is -4.36. The van der Waals surface area contributed by atoms with Crippen LogP contribution in [0.25, 0.3) is 0 Å². The Bertz CT molecular complexity index is 1920. The van der Waals surface area contributed by atoms with E-state index in [9.17, 15) is 14.9 Å². The minimum absolute atomic E-state index is 0.0189. The zero-order valence-corrected chi connectivity index (χ0v) is 33.5. The second kappa shape index (κ2) is 19.4. The highest BCUT2D eigenvalue weighted by molar-refractivity contribution is 7.44. The van der Waals surface area contributed by atoms with E-state index in [0.717, 1.165) is 21.3 Å². The number of amides is 1. The fraction of sp³-hybridized carbons (Fsp3) is 0.415. The molecule has 3 aromatic carbocycles. The highest BCUT2D eigenvalue weighted by Crippen LogP contribution is 2.51. The number of halogens is 1. The van der Waals surface area contributed by atoms with Gasteiger partial charge in [0.2, 0.25) is 5.91 Å². The van der Waals surface area contributed by atoms with Gasteiger partial charge in [-0.1, -0.05) is 54.6 Å². The van der Waals surface area contributed by atoms with Crippen molar-refractivity contribution in [1.82, 2.24) is 14.2 Å². The van der Waals surface area contributed by atoms with Crippen molar-refractivity contribution in [2.75, 3.05) is 32.8 Å². The zero-order chi connectivity index (χ0) is 40.4. The van der Waals surface area contributed by atoms with E-state index in [4.69, 9.17) is 28.0 Å². The highest BCUT2D eigenvalue weighted by atomic mass is 31.2. The lowest BCUT2D eigenvalue weighted by Gasteiger charge is -2.39. The fourth-order valence-electron chi connectivity index (χ4n) is 6.71. The van der Waals surface area contributed by atoms with Gasteiger partial charge in [0, 0.05) is 25.2 Å². The van der Waals surface area contributed by atoms with Crippen LogP contribution in [0.1, 0.15) is 64.0 Å². The number of aromatic nitrogens is 2. The predicted molar refractivity (Wildman–Crippen MR) is 210 cm³/mol. The van der Waals surface area contributed by atoms with Crippen LogP contribution in [-0.2, 0) is 28.9 Å². The first-order valence-electron chi connectivity index (χ1n) is 18.3. The van der Waals surface area contributed by atoms with Crippen LogP contribution in [0.2, 0.25) is 0 Å². The number of carbonyl (C=O) groups is 1. The van der Waals surface area contributed by atoms with Gasteiger partial charge >= 0.3 is 5.69 Å². The number of anilines is 1. The number of nitrogens with one attached hydrogen (secondary N) is 1. The molecule has 1 saturated heterocycles. The molecule has 15 heteroatoms. The number of methoxy groups -OCH3 is 2. The number of carbonyl (C=O) groups excluding carboxylic acids is 1. The molecule has 1 aromatic heterocycles. The Morgan fingerprint density at radius 3 is 2.04 bits per heavy atom. The van der Waals surface area contributed by atoms with Crippen LogP contribution >= 0.6 is 8.53 Å². The maximum absolute atomic E-state index is 17.1. The summed E-state index contributed by atoms with van der Waals surface area (Å²) in [5.41, 5.74) is 0.172. The van der Waals surface area contributed by atoms with Crippen molar-refractivity contribution < 1.29 is 37.2 Å². The van der Waals surface area contributed by atoms with Gasteiger partial charge in [-0.15, -0.1) is 0 Å².